The van der Waals surface area contributed by atoms with Gasteiger partial charge in [0.2, 0.25) is 0 Å². The number of carboxylic acid groups (broad SMARTS) is 1. The van der Waals surface area contributed by atoms with E-state index in [1.165, 1.54) is 13.0 Å². The number of allylic oxidation sites excluding steroid dienone is 1. The molecule has 6 unspecified atom stereocenters. The highest BCUT2D eigenvalue weighted by Gasteiger charge is 2.59. The monoisotopic (exact) mass is 851 g/mol. The molecule has 1 aromatic carbocycles. The first-order valence-corrected chi connectivity index (χ1v) is 19.1. The number of benzene rings is 1. The van der Waals surface area contributed by atoms with Crippen LogP contribution >= 0.6 is 0 Å². The predicted octanol–water partition coefficient (Wildman–Crippen LogP) is -4.45. The molecular weight excluding hydrogens is 794 g/mol. The maximum atomic E-state index is 12.7. The van der Waals surface area contributed by atoms with Gasteiger partial charge in [-0.25, -0.2) is 9.59 Å². The molecule has 1 aromatic rings. The number of carbonyl (C=O) groups excluding carboxylic acids is 1. The molecule has 1 amide bonds. The Morgan fingerprint density at radius 1 is 0.915 bits per heavy atom. The quantitative estimate of drug-likeness (QED) is 0.0584. The summed E-state index contributed by atoms with van der Waals surface area (Å²) >= 11 is 0. The van der Waals surface area contributed by atoms with E-state index in [4.69, 9.17) is 33.2 Å². The summed E-state index contributed by atoms with van der Waals surface area (Å²) < 4.78 is 39.1. The standard InChI is InChI=1S/C37H57NO21/c1-3-4-10-20(42)19(38-36(52)54-15-18-8-6-5-7-9-18)16-53-33-28(48)27(47)31(24(14-41)56-33)57-34-29(49)32(26(46)23(13-40)55-34)59-37(35(50)51)11-21(43)17(2)30(58-37)25(45)22(44)12-39/h4-10,17,19-34,39-49H,3,11-16H2,1-2H3,(H,38,52)(H,50,51)/b10-4+/t17-,19+,20-,21-,22-,23?,24?,25-,26+,27-,28+,29+,30?,31-,32+,33?,34?,37?/m1/s1. The summed E-state index contributed by atoms with van der Waals surface area (Å²) in [6.07, 6.45) is -25.5. The molecule has 4 rings (SSSR count). The zero-order valence-electron chi connectivity index (χ0n) is 32.3. The molecule has 3 saturated heterocycles. The predicted molar refractivity (Wildman–Crippen MR) is 194 cm³/mol. The van der Waals surface area contributed by atoms with Gasteiger partial charge in [-0.15, -0.1) is 0 Å². The smallest absolute Gasteiger partial charge is 0.407 e. The molecule has 3 aliphatic heterocycles. The molecule has 0 radical (unpaired) electrons. The van der Waals surface area contributed by atoms with Crippen LogP contribution in [0.15, 0.2) is 42.5 Å². The molecule has 0 saturated carbocycles. The normalized spacial score (nSPS) is 37.3. The highest BCUT2D eigenvalue weighted by molar-refractivity contribution is 5.76. The molecule has 13 N–H and O–H groups in total. The van der Waals surface area contributed by atoms with E-state index in [2.05, 4.69) is 5.32 Å². The Kier molecular flexibility index (Phi) is 18.3. The summed E-state index contributed by atoms with van der Waals surface area (Å²) in [4.78, 5) is 25.3. The van der Waals surface area contributed by atoms with Crippen molar-refractivity contribution in [1.29, 1.82) is 0 Å². The average molecular weight is 852 g/mol. The Hall–Kier alpha value is -2.98. The van der Waals surface area contributed by atoms with Gasteiger partial charge in [0.25, 0.3) is 5.79 Å². The molecule has 0 bridgehead atoms. The van der Waals surface area contributed by atoms with E-state index in [9.17, 15) is 70.9 Å². The van der Waals surface area contributed by atoms with Crippen molar-refractivity contribution in [3.05, 3.63) is 48.0 Å². The van der Waals surface area contributed by atoms with Gasteiger partial charge in [-0.1, -0.05) is 56.3 Å². The lowest BCUT2D eigenvalue weighted by Crippen LogP contribution is -2.68. The van der Waals surface area contributed by atoms with E-state index in [0.29, 0.717) is 12.0 Å². The van der Waals surface area contributed by atoms with Crippen molar-refractivity contribution in [2.45, 2.75) is 137 Å². The number of carbonyl (C=O) groups is 2. The maximum absolute atomic E-state index is 12.7. The fraction of sp³-hybridized carbons (Fsp3) is 0.730. The number of alkyl carbamates (subject to hydrolysis) is 1. The van der Waals surface area contributed by atoms with Crippen LogP contribution in [0.3, 0.4) is 0 Å². The average Bonchev–Trinajstić information content (AvgIpc) is 3.23. The second-order valence-corrected chi connectivity index (χ2v) is 14.6. The van der Waals surface area contributed by atoms with Crippen LogP contribution in [0.5, 0.6) is 0 Å². The number of amides is 1. The van der Waals surface area contributed by atoms with E-state index in [1.54, 1.807) is 36.4 Å². The number of hydrogen-bond acceptors (Lipinski definition) is 20. The van der Waals surface area contributed by atoms with E-state index in [1.807, 2.05) is 6.92 Å². The maximum Gasteiger partial charge on any atom is 0.407 e. The third-order valence-corrected chi connectivity index (χ3v) is 10.4. The van der Waals surface area contributed by atoms with Crippen molar-refractivity contribution in [3.63, 3.8) is 0 Å². The second-order valence-electron chi connectivity index (χ2n) is 14.6. The third kappa shape index (κ3) is 11.9. The number of hydrogen-bond donors (Lipinski definition) is 13. The van der Waals surface area contributed by atoms with E-state index >= 15 is 0 Å². The number of aliphatic hydroxyl groups excluding tert-OH is 11. The Morgan fingerprint density at radius 3 is 2.19 bits per heavy atom. The lowest BCUT2D eigenvalue weighted by molar-refractivity contribution is -0.388. The van der Waals surface area contributed by atoms with Crippen molar-refractivity contribution in [1.82, 2.24) is 5.32 Å². The number of aliphatic carboxylic acids is 1. The number of carboxylic acids is 1. The minimum atomic E-state index is -2.92. The van der Waals surface area contributed by atoms with Gasteiger partial charge >= 0.3 is 12.1 Å². The summed E-state index contributed by atoms with van der Waals surface area (Å²) in [5.41, 5.74) is 0.696. The van der Waals surface area contributed by atoms with Crippen LogP contribution in [0.1, 0.15) is 32.3 Å². The number of ether oxygens (including phenoxy) is 7. The number of aliphatic hydroxyl groups is 11. The molecule has 0 aromatic heterocycles. The third-order valence-electron chi connectivity index (χ3n) is 10.4. The molecule has 0 aliphatic carbocycles. The van der Waals surface area contributed by atoms with Crippen molar-refractivity contribution < 1.29 is 104 Å². The Balaban J connectivity index is 1.48. The van der Waals surface area contributed by atoms with Crippen LogP contribution in [0, 0.1) is 5.92 Å². The minimum Gasteiger partial charge on any atom is -0.477 e. The van der Waals surface area contributed by atoms with Gasteiger partial charge in [0.1, 0.15) is 67.6 Å². The summed E-state index contributed by atoms with van der Waals surface area (Å²) in [6, 6.07) is 7.60. The van der Waals surface area contributed by atoms with Crippen molar-refractivity contribution >= 4 is 12.1 Å². The van der Waals surface area contributed by atoms with Gasteiger partial charge in [-0.3, -0.25) is 0 Å². The molecule has 3 aliphatic rings. The molecule has 3 fully saturated rings. The van der Waals surface area contributed by atoms with Crippen LogP contribution < -0.4 is 5.32 Å². The van der Waals surface area contributed by atoms with Gasteiger partial charge in [0.15, 0.2) is 12.6 Å². The van der Waals surface area contributed by atoms with Crippen LogP contribution in [0.4, 0.5) is 4.79 Å². The first-order valence-electron chi connectivity index (χ1n) is 19.1. The number of rotatable bonds is 19. The first kappa shape index (κ1) is 48.7. The Labute approximate surface area is 338 Å². The highest BCUT2D eigenvalue weighted by Crippen LogP contribution is 2.40. The molecule has 336 valence electrons. The van der Waals surface area contributed by atoms with Crippen LogP contribution in [-0.4, -0.2) is 204 Å². The fourth-order valence-electron chi connectivity index (χ4n) is 6.81. The first-order chi connectivity index (χ1) is 28.0. The van der Waals surface area contributed by atoms with Crippen LogP contribution in [-0.2, 0) is 44.6 Å². The molecule has 22 nitrogen and oxygen atoms in total. The Morgan fingerprint density at radius 2 is 1.58 bits per heavy atom. The topological polar surface area (TPSA) is 354 Å². The van der Waals surface area contributed by atoms with Crippen LogP contribution in [0.25, 0.3) is 0 Å². The lowest BCUT2D eigenvalue weighted by Gasteiger charge is -2.50. The Bertz CT molecular complexity index is 1470. The summed E-state index contributed by atoms with van der Waals surface area (Å²) in [5.74, 6) is -5.85. The second kappa shape index (κ2) is 22.2. The van der Waals surface area contributed by atoms with Gasteiger partial charge in [0, 0.05) is 12.3 Å². The van der Waals surface area contributed by atoms with Gasteiger partial charge in [-0.2, -0.15) is 0 Å². The van der Waals surface area contributed by atoms with Crippen LogP contribution in [0.2, 0.25) is 0 Å². The molecule has 59 heavy (non-hydrogen) atoms. The summed E-state index contributed by atoms with van der Waals surface area (Å²) in [6.45, 7) is -0.274. The van der Waals surface area contributed by atoms with Gasteiger partial charge in [0.05, 0.1) is 50.8 Å². The molecule has 22 heteroatoms. The van der Waals surface area contributed by atoms with E-state index in [-0.39, 0.29) is 6.61 Å². The summed E-state index contributed by atoms with van der Waals surface area (Å²) in [5, 5.41) is 129. The van der Waals surface area contributed by atoms with Crippen molar-refractivity contribution in [3.8, 4) is 0 Å². The molecule has 0 spiro atoms. The highest BCUT2D eigenvalue weighted by atomic mass is 16.8. The zero-order chi connectivity index (χ0) is 43.6. The van der Waals surface area contributed by atoms with Crippen molar-refractivity contribution in [2.24, 2.45) is 5.92 Å². The number of nitrogens with one attached hydrogen (secondary N) is 1. The van der Waals surface area contributed by atoms with Crippen molar-refractivity contribution in [2.75, 3.05) is 26.4 Å². The van der Waals surface area contributed by atoms with Gasteiger partial charge in [-0.05, 0) is 12.0 Å². The molecular formula is C37H57NO21. The lowest BCUT2D eigenvalue weighted by atomic mass is 9.84. The molecule has 18 atom stereocenters. The SMILES string of the molecule is CC/C=C/[C@@H](O)[C@H](COC1OC(CO)[C@@H](OC2OC(CO)[C@H](O)[C@H](OC3(C(=O)O)C[C@@H](O)[C@@H](C)C([C@H](O)[C@H](O)CO)O3)[C@@H]2O)[C@H](O)[C@@H]1O)NC(=O)OCc1ccccc1. The van der Waals surface area contributed by atoms with E-state index < -0.39 is 155 Å². The minimum absolute atomic E-state index is 0.0840. The largest absolute Gasteiger partial charge is 0.477 e. The molecule has 3 heterocycles. The summed E-state index contributed by atoms with van der Waals surface area (Å²) in [7, 11) is 0. The zero-order valence-corrected chi connectivity index (χ0v) is 32.3. The fourth-order valence-corrected chi connectivity index (χ4v) is 6.81. The van der Waals surface area contributed by atoms with E-state index in [0.717, 1.165) is 0 Å². The van der Waals surface area contributed by atoms with Gasteiger partial charge < -0.3 is 99.8 Å².